The second-order valence-electron chi connectivity index (χ2n) is 5.70. The van der Waals surface area contributed by atoms with E-state index in [2.05, 4.69) is 36.5 Å². The fraction of sp³-hybridized carbons (Fsp3) is 0.625. The zero-order valence-corrected chi connectivity index (χ0v) is 11.3. The van der Waals surface area contributed by atoms with Crippen molar-refractivity contribution in [2.75, 3.05) is 6.61 Å². The molecule has 0 spiro atoms. The lowest BCUT2D eigenvalue weighted by molar-refractivity contribution is 0.206. The molecule has 1 saturated carbocycles. The molecule has 0 heterocycles. The van der Waals surface area contributed by atoms with Crippen molar-refractivity contribution in [3.8, 4) is 0 Å². The van der Waals surface area contributed by atoms with Crippen LogP contribution in [0.4, 0.5) is 0 Å². The molecule has 2 N–H and O–H groups in total. The first-order valence-electron chi connectivity index (χ1n) is 7.18. The van der Waals surface area contributed by atoms with E-state index >= 15 is 0 Å². The molecule has 2 heteroatoms. The average Bonchev–Trinajstić information content (AvgIpc) is 2.39. The number of aliphatic hydroxyl groups is 1. The molecule has 18 heavy (non-hydrogen) atoms. The van der Waals surface area contributed by atoms with Crippen LogP contribution in [-0.4, -0.2) is 23.8 Å². The van der Waals surface area contributed by atoms with Crippen LogP contribution in [-0.2, 0) is 6.42 Å². The number of hydrogen-bond acceptors (Lipinski definition) is 2. The van der Waals surface area contributed by atoms with Gasteiger partial charge in [0.25, 0.3) is 0 Å². The Hall–Kier alpha value is -0.860. The van der Waals surface area contributed by atoms with Gasteiger partial charge in [-0.2, -0.15) is 0 Å². The molecule has 0 radical (unpaired) electrons. The third-order valence-corrected chi connectivity index (χ3v) is 3.95. The highest BCUT2D eigenvalue weighted by molar-refractivity contribution is 5.16. The normalized spacial score (nSPS) is 25.9. The van der Waals surface area contributed by atoms with Crippen molar-refractivity contribution in [1.82, 2.24) is 5.32 Å². The second kappa shape index (κ2) is 6.91. The quantitative estimate of drug-likeness (QED) is 0.838. The first-order chi connectivity index (χ1) is 8.78. The van der Waals surface area contributed by atoms with E-state index in [1.807, 2.05) is 6.07 Å². The molecule has 2 rings (SSSR count). The monoisotopic (exact) mass is 247 g/mol. The summed E-state index contributed by atoms with van der Waals surface area (Å²) in [4.78, 5) is 0. The third-order valence-electron chi connectivity index (χ3n) is 3.95. The summed E-state index contributed by atoms with van der Waals surface area (Å²) in [5, 5.41) is 13.2. The average molecular weight is 247 g/mol. The van der Waals surface area contributed by atoms with Gasteiger partial charge in [0.2, 0.25) is 0 Å². The van der Waals surface area contributed by atoms with Crippen molar-refractivity contribution in [2.45, 2.75) is 51.1 Å². The molecule has 3 atom stereocenters. The highest BCUT2D eigenvalue weighted by Gasteiger charge is 2.21. The molecule has 1 aromatic carbocycles. The van der Waals surface area contributed by atoms with Gasteiger partial charge in [-0.1, -0.05) is 50.1 Å². The van der Waals surface area contributed by atoms with Crippen molar-refractivity contribution < 1.29 is 5.11 Å². The first-order valence-corrected chi connectivity index (χ1v) is 7.18. The van der Waals surface area contributed by atoms with Gasteiger partial charge in [0, 0.05) is 12.1 Å². The summed E-state index contributed by atoms with van der Waals surface area (Å²) in [6, 6.07) is 11.2. The van der Waals surface area contributed by atoms with E-state index in [4.69, 9.17) is 0 Å². The van der Waals surface area contributed by atoms with Gasteiger partial charge in [0.05, 0.1) is 6.61 Å². The molecular weight excluding hydrogens is 222 g/mol. The van der Waals surface area contributed by atoms with Crippen LogP contribution >= 0.6 is 0 Å². The van der Waals surface area contributed by atoms with E-state index < -0.39 is 0 Å². The molecular formula is C16H25NO. The summed E-state index contributed by atoms with van der Waals surface area (Å²) in [7, 11) is 0. The van der Waals surface area contributed by atoms with Gasteiger partial charge in [0.15, 0.2) is 0 Å². The molecule has 0 aliphatic heterocycles. The van der Waals surface area contributed by atoms with Gasteiger partial charge in [-0.15, -0.1) is 0 Å². The Morgan fingerprint density at radius 3 is 2.72 bits per heavy atom. The largest absolute Gasteiger partial charge is 0.395 e. The number of hydrogen-bond donors (Lipinski definition) is 2. The van der Waals surface area contributed by atoms with Gasteiger partial charge in [0.1, 0.15) is 0 Å². The Morgan fingerprint density at radius 2 is 2.06 bits per heavy atom. The Morgan fingerprint density at radius 1 is 1.28 bits per heavy atom. The molecule has 3 unspecified atom stereocenters. The summed E-state index contributed by atoms with van der Waals surface area (Å²) in [6.45, 7) is 2.55. The maximum Gasteiger partial charge on any atom is 0.0587 e. The standard InChI is InChI=1S/C16H25NO/c1-13-6-5-9-15(10-13)17-16(12-18)11-14-7-3-2-4-8-14/h2-4,7-8,13,15-18H,5-6,9-12H2,1H3. The Bertz CT molecular complexity index is 338. The maximum atomic E-state index is 9.52. The number of benzene rings is 1. The van der Waals surface area contributed by atoms with Crippen molar-refractivity contribution in [3.05, 3.63) is 35.9 Å². The lowest BCUT2D eigenvalue weighted by Crippen LogP contribution is -2.43. The molecule has 1 aliphatic carbocycles. The van der Waals surface area contributed by atoms with Crippen LogP contribution in [0.3, 0.4) is 0 Å². The van der Waals surface area contributed by atoms with E-state index in [0.29, 0.717) is 6.04 Å². The maximum absolute atomic E-state index is 9.52. The zero-order chi connectivity index (χ0) is 12.8. The predicted molar refractivity (Wildman–Crippen MR) is 75.6 cm³/mol. The van der Waals surface area contributed by atoms with E-state index in [-0.39, 0.29) is 12.6 Å². The summed E-state index contributed by atoms with van der Waals surface area (Å²) in [6.07, 6.45) is 6.12. The van der Waals surface area contributed by atoms with E-state index in [0.717, 1.165) is 12.3 Å². The summed E-state index contributed by atoms with van der Waals surface area (Å²) in [5.74, 6) is 0.826. The van der Waals surface area contributed by atoms with Crippen molar-refractivity contribution in [2.24, 2.45) is 5.92 Å². The number of rotatable bonds is 5. The van der Waals surface area contributed by atoms with Crippen molar-refractivity contribution in [3.63, 3.8) is 0 Å². The van der Waals surface area contributed by atoms with Gasteiger partial charge < -0.3 is 10.4 Å². The molecule has 100 valence electrons. The van der Waals surface area contributed by atoms with Crippen LogP contribution < -0.4 is 5.32 Å². The van der Waals surface area contributed by atoms with Crippen LogP contribution in [0.15, 0.2) is 30.3 Å². The highest BCUT2D eigenvalue weighted by Crippen LogP contribution is 2.24. The lowest BCUT2D eigenvalue weighted by atomic mass is 9.86. The molecule has 0 bridgehead atoms. The topological polar surface area (TPSA) is 32.3 Å². The third kappa shape index (κ3) is 4.11. The Labute approximate surface area is 110 Å². The molecule has 2 nitrogen and oxygen atoms in total. The minimum atomic E-state index is 0.197. The minimum absolute atomic E-state index is 0.197. The van der Waals surface area contributed by atoms with E-state index in [1.54, 1.807) is 0 Å². The van der Waals surface area contributed by atoms with Crippen LogP contribution in [0, 0.1) is 5.92 Å². The molecule has 0 amide bonds. The van der Waals surface area contributed by atoms with E-state index in [9.17, 15) is 5.11 Å². The second-order valence-corrected chi connectivity index (χ2v) is 5.70. The Kier molecular flexibility index (Phi) is 5.21. The number of nitrogens with one attached hydrogen (secondary N) is 1. The van der Waals surface area contributed by atoms with Crippen LogP contribution in [0.25, 0.3) is 0 Å². The number of aliphatic hydroxyl groups excluding tert-OH is 1. The summed E-state index contributed by atoms with van der Waals surface area (Å²) < 4.78 is 0. The fourth-order valence-electron chi connectivity index (χ4n) is 2.99. The van der Waals surface area contributed by atoms with Crippen LogP contribution in [0.5, 0.6) is 0 Å². The summed E-state index contributed by atoms with van der Waals surface area (Å²) >= 11 is 0. The predicted octanol–water partition coefficient (Wildman–Crippen LogP) is 2.76. The van der Waals surface area contributed by atoms with Crippen molar-refractivity contribution >= 4 is 0 Å². The van der Waals surface area contributed by atoms with Crippen LogP contribution in [0.2, 0.25) is 0 Å². The molecule has 1 fully saturated rings. The van der Waals surface area contributed by atoms with Gasteiger partial charge >= 0.3 is 0 Å². The van der Waals surface area contributed by atoms with Crippen LogP contribution in [0.1, 0.15) is 38.2 Å². The molecule has 0 saturated heterocycles. The van der Waals surface area contributed by atoms with E-state index in [1.165, 1.54) is 31.2 Å². The fourth-order valence-corrected chi connectivity index (χ4v) is 2.99. The molecule has 1 aliphatic rings. The SMILES string of the molecule is CC1CCCC(NC(CO)Cc2ccccc2)C1. The lowest BCUT2D eigenvalue weighted by Gasteiger charge is -2.31. The first kappa shape index (κ1) is 13.6. The smallest absolute Gasteiger partial charge is 0.0587 e. The zero-order valence-electron chi connectivity index (χ0n) is 11.3. The minimum Gasteiger partial charge on any atom is -0.395 e. The van der Waals surface area contributed by atoms with Gasteiger partial charge in [-0.3, -0.25) is 0 Å². The van der Waals surface area contributed by atoms with Gasteiger partial charge in [-0.05, 0) is 30.7 Å². The van der Waals surface area contributed by atoms with Gasteiger partial charge in [-0.25, -0.2) is 0 Å². The Balaban J connectivity index is 1.85. The summed E-state index contributed by atoms with van der Waals surface area (Å²) in [5.41, 5.74) is 1.30. The molecule has 1 aromatic rings. The highest BCUT2D eigenvalue weighted by atomic mass is 16.3. The molecule has 0 aromatic heterocycles. The van der Waals surface area contributed by atoms with Crippen molar-refractivity contribution in [1.29, 1.82) is 0 Å².